The van der Waals surface area contributed by atoms with E-state index >= 15 is 0 Å². The van der Waals surface area contributed by atoms with Crippen LogP contribution in [0.2, 0.25) is 5.02 Å². The van der Waals surface area contributed by atoms with Gasteiger partial charge in [-0.3, -0.25) is 0 Å². The van der Waals surface area contributed by atoms with Crippen LogP contribution in [0.3, 0.4) is 0 Å². The van der Waals surface area contributed by atoms with Gasteiger partial charge in [0.05, 0.1) is 10.7 Å². The van der Waals surface area contributed by atoms with Crippen LogP contribution in [0, 0.1) is 11.3 Å². The maximum atomic E-state index is 12.5. The summed E-state index contributed by atoms with van der Waals surface area (Å²) in [7, 11) is 0. The summed E-state index contributed by atoms with van der Waals surface area (Å²) in [5, 5.41) is 14.5. The Kier molecular flexibility index (Phi) is 7.75. The number of aromatic nitrogens is 2. The molecule has 0 bridgehead atoms. The lowest BCUT2D eigenvalue weighted by molar-refractivity contribution is -0.274. The average Bonchev–Trinajstić information content (AvgIpc) is 2.84. The van der Waals surface area contributed by atoms with Gasteiger partial charge in [-0.05, 0) is 73.7 Å². The topological polar surface area (TPSA) is 82.9 Å². The van der Waals surface area contributed by atoms with Crippen LogP contribution in [0.25, 0.3) is 11.3 Å². The molecule has 0 atom stereocenters. The van der Waals surface area contributed by atoms with Gasteiger partial charge in [-0.25, -0.2) is 9.97 Å². The van der Waals surface area contributed by atoms with E-state index in [-0.39, 0.29) is 12.3 Å². The molecule has 1 aliphatic carbocycles. The van der Waals surface area contributed by atoms with E-state index in [4.69, 9.17) is 17.0 Å². The van der Waals surface area contributed by atoms with Gasteiger partial charge in [0.2, 0.25) is 0 Å². The number of hydrogen-bond donors (Lipinski definition) is 3. The molecule has 0 unspecified atom stereocenters. The maximum absolute atomic E-state index is 12.5. The minimum Gasteiger partial charge on any atom is -0.406 e. The van der Waals surface area contributed by atoms with Gasteiger partial charge in [0.1, 0.15) is 17.4 Å². The normalized spacial score (nSPS) is 18.1. The molecule has 6 nitrogen and oxygen atoms in total. The second-order valence-electron chi connectivity index (χ2n) is 8.43. The molecule has 184 valence electrons. The highest BCUT2D eigenvalue weighted by molar-refractivity contribution is 6.33. The summed E-state index contributed by atoms with van der Waals surface area (Å²) in [6.45, 7) is 0.265. The molecule has 0 amide bonds. The third kappa shape index (κ3) is 7.08. The van der Waals surface area contributed by atoms with Crippen molar-refractivity contribution in [2.24, 2.45) is 5.92 Å². The summed E-state index contributed by atoms with van der Waals surface area (Å²) in [5.74, 6) is 1.36. The maximum Gasteiger partial charge on any atom is 0.573 e. The number of halogens is 4. The lowest BCUT2D eigenvalue weighted by Crippen LogP contribution is -2.26. The molecule has 1 fully saturated rings. The molecule has 0 saturated heterocycles. The molecule has 4 rings (SSSR count). The zero-order chi connectivity index (χ0) is 24.8. The largest absolute Gasteiger partial charge is 0.573 e. The van der Waals surface area contributed by atoms with Crippen LogP contribution in [0.5, 0.6) is 5.75 Å². The van der Waals surface area contributed by atoms with E-state index < -0.39 is 6.36 Å². The predicted octanol–water partition coefficient (Wildman–Crippen LogP) is 6.93. The zero-order valence-electron chi connectivity index (χ0n) is 18.8. The fourth-order valence-corrected chi connectivity index (χ4v) is 4.28. The van der Waals surface area contributed by atoms with Gasteiger partial charge in [-0.15, -0.1) is 13.2 Å². The summed E-state index contributed by atoms with van der Waals surface area (Å²) >= 11 is 6.43. The van der Waals surface area contributed by atoms with Crippen LogP contribution in [0.15, 0.2) is 54.7 Å². The molecule has 0 aliphatic heterocycles. The monoisotopic (exact) mass is 503 g/mol. The summed E-state index contributed by atoms with van der Waals surface area (Å²) in [4.78, 5) is 9.03. The quantitative estimate of drug-likeness (QED) is 0.290. The molecule has 0 radical (unpaired) electrons. The predicted molar refractivity (Wildman–Crippen MR) is 131 cm³/mol. The first-order chi connectivity index (χ1) is 16.8. The van der Waals surface area contributed by atoms with Crippen molar-refractivity contribution < 1.29 is 17.9 Å². The van der Waals surface area contributed by atoms with Crippen molar-refractivity contribution in [3.63, 3.8) is 0 Å². The summed E-state index contributed by atoms with van der Waals surface area (Å²) in [6, 6.07) is 13.4. The molecule has 2 heterocycles. The van der Waals surface area contributed by atoms with Gasteiger partial charge in [0.25, 0.3) is 0 Å². The number of pyridine rings is 2. The highest BCUT2D eigenvalue weighted by Gasteiger charge is 2.31. The van der Waals surface area contributed by atoms with E-state index in [0.717, 1.165) is 31.2 Å². The molecule has 2 aromatic heterocycles. The van der Waals surface area contributed by atoms with Crippen molar-refractivity contribution in [1.29, 1.82) is 5.41 Å². The fraction of sp³-hybridized carbons (Fsp3) is 0.320. The van der Waals surface area contributed by atoms with Crippen LogP contribution in [0.4, 0.5) is 24.8 Å². The number of nitrogens with one attached hydrogen (secondary N) is 3. The Bertz CT molecular complexity index is 1170. The minimum atomic E-state index is -4.74. The van der Waals surface area contributed by atoms with Gasteiger partial charge in [0, 0.05) is 24.3 Å². The second kappa shape index (κ2) is 10.9. The number of rotatable bonds is 8. The Morgan fingerprint density at radius 2 is 1.83 bits per heavy atom. The molecule has 1 saturated carbocycles. The van der Waals surface area contributed by atoms with Crippen molar-refractivity contribution in [1.82, 2.24) is 9.97 Å². The van der Waals surface area contributed by atoms with E-state index in [1.165, 1.54) is 24.4 Å². The number of alkyl halides is 3. The Morgan fingerprint density at radius 1 is 1.06 bits per heavy atom. The third-order valence-electron chi connectivity index (χ3n) is 5.85. The molecule has 1 aromatic carbocycles. The van der Waals surface area contributed by atoms with Crippen molar-refractivity contribution in [2.75, 3.05) is 10.6 Å². The van der Waals surface area contributed by atoms with Crippen molar-refractivity contribution in [3.05, 3.63) is 65.3 Å². The smallest absolute Gasteiger partial charge is 0.406 e. The van der Waals surface area contributed by atoms with Gasteiger partial charge < -0.3 is 20.8 Å². The van der Waals surface area contributed by atoms with E-state index in [0.29, 0.717) is 39.9 Å². The first kappa shape index (κ1) is 24.8. The highest BCUT2D eigenvalue weighted by atomic mass is 35.5. The van der Waals surface area contributed by atoms with Crippen LogP contribution in [-0.2, 0) is 6.54 Å². The third-order valence-corrected chi connectivity index (χ3v) is 6.15. The Morgan fingerprint density at radius 3 is 2.57 bits per heavy atom. The zero-order valence-corrected chi connectivity index (χ0v) is 19.5. The first-order valence-corrected chi connectivity index (χ1v) is 11.7. The average molecular weight is 504 g/mol. The van der Waals surface area contributed by atoms with E-state index in [9.17, 15) is 13.2 Å². The van der Waals surface area contributed by atoms with Gasteiger partial charge in [-0.2, -0.15) is 0 Å². The fourth-order valence-electron chi connectivity index (χ4n) is 4.08. The lowest BCUT2D eigenvalue weighted by Gasteiger charge is -2.27. The standard InChI is InChI=1S/C25H25ClF3N5O/c26-21-15-32-24(33-18-9-7-16(13-30)8-10-18)12-20(21)22-5-2-6-23(34-22)31-14-17-3-1-4-19(11-17)35-25(27,28)29/h1-6,11-13,15-16,18,30H,7-10,14H2,(H,31,34)(H,32,33). The van der Waals surface area contributed by atoms with Crippen molar-refractivity contribution in [2.45, 2.75) is 44.6 Å². The van der Waals surface area contributed by atoms with Gasteiger partial charge in [0.15, 0.2) is 0 Å². The van der Waals surface area contributed by atoms with Crippen LogP contribution >= 0.6 is 11.6 Å². The number of nitrogens with zero attached hydrogens (tertiary/aromatic N) is 2. The number of benzene rings is 1. The van der Waals surface area contributed by atoms with Crippen molar-refractivity contribution in [3.8, 4) is 17.0 Å². The van der Waals surface area contributed by atoms with E-state index in [1.807, 2.05) is 18.2 Å². The number of hydrogen-bond acceptors (Lipinski definition) is 6. The Hall–Kier alpha value is -3.33. The lowest BCUT2D eigenvalue weighted by atomic mass is 9.87. The van der Waals surface area contributed by atoms with E-state index in [2.05, 4.69) is 25.3 Å². The molecular formula is C25H25ClF3N5O. The first-order valence-electron chi connectivity index (χ1n) is 11.3. The van der Waals surface area contributed by atoms with E-state index in [1.54, 1.807) is 18.3 Å². The van der Waals surface area contributed by atoms with Gasteiger partial charge >= 0.3 is 6.36 Å². The minimum absolute atomic E-state index is 0.265. The summed E-state index contributed by atoms with van der Waals surface area (Å²) in [6.07, 6.45) is 2.33. The molecule has 3 N–H and O–H groups in total. The molecule has 0 spiro atoms. The second-order valence-corrected chi connectivity index (χ2v) is 8.84. The Balaban J connectivity index is 1.43. The van der Waals surface area contributed by atoms with Crippen LogP contribution in [-0.4, -0.2) is 28.6 Å². The van der Waals surface area contributed by atoms with Gasteiger partial charge in [-0.1, -0.05) is 29.8 Å². The summed E-state index contributed by atoms with van der Waals surface area (Å²) < 4.78 is 41.4. The molecular weight excluding hydrogens is 479 g/mol. The molecule has 3 aromatic rings. The molecule has 10 heteroatoms. The highest BCUT2D eigenvalue weighted by Crippen LogP contribution is 2.31. The van der Waals surface area contributed by atoms with Crippen molar-refractivity contribution >= 4 is 29.5 Å². The SMILES string of the molecule is N=CC1CCC(Nc2cc(-c3cccc(NCc4cccc(OC(F)(F)F)c4)n3)c(Cl)cn2)CC1. The number of anilines is 2. The Labute approximate surface area is 206 Å². The molecule has 35 heavy (non-hydrogen) atoms. The molecule has 1 aliphatic rings. The summed E-state index contributed by atoms with van der Waals surface area (Å²) in [5.41, 5.74) is 1.99. The number of ether oxygens (including phenoxy) is 1. The van der Waals surface area contributed by atoms with Crippen LogP contribution < -0.4 is 15.4 Å². The van der Waals surface area contributed by atoms with Crippen LogP contribution in [0.1, 0.15) is 31.2 Å².